The lowest BCUT2D eigenvalue weighted by atomic mass is 10.2. The van der Waals surface area contributed by atoms with E-state index in [2.05, 4.69) is 40.4 Å². The molecule has 20 heavy (non-hydrogen) atoms. The lowest BCUT2D eigenvalue weighted by Crippen LogP contribution is -2.17. The van der Waals surface area contributed by atoms with Gasteiger partial charge in [-0.3, -0.25) is 10.00 Å². The third kappa shape index (κ3) is 4.24. The molecule has 0 unspecified atom stereocenters. The lowest BCUT2D eigenvalue weighted by Gasteiger charge is -2.11. The number of aromatic amines is 1. The van der Waals surface area contributed by atoms with Crippen molar-refractivity contribution in [1.82, 2.24) is 15.1 Å². The van der Waals surface area contributed by atoms with Gasteiger partial charge in [-0.25, -0.2) is 0 Å². The maximum Gasteiger partial charge on any atom is 0.118 e. The van der Waals surface area contributed by atoms with Crippen molar-refractivity contribution >= 4 is 6.08 Å². The summed E-state index contributed by atoms with van der Waals surface area (Å²) in [6.07, 6.45) is 4.27. The Morgan fingerprint density at radius 3 is 2.65 bits per heavy atom. The number of aryl methyl sites for hydroxylation is 1. The van der Waals surface area contributed by atoms with Crippen LogP contribution in [-0.4, -0.2) is 35.8 Å². The fourth-order valence-corrected chi connectivity index (χ4v) is 1.98. The van der Waals surface area contributed by atoms with E-state index < -0.39 is 0 Å². The number of ether oxygens (including phenoxy) is 1. The minimum absolute atomic E-state index is 0.845. The average Bonchev–Trinajstić information content (AvgIpc) is 2.85. The Labute approximate surface area is 120 Å². The van der Waals surface area contributed by atoms with Gasteiger partial charge < -0.3 is 4.74 Å². The Bertz CT molecular complexity index is 557. The van der Waals surface area contributed by atoms with E-state index in [-0.39, 0.29) is 0 Å². The molecule has 0 aliphatic heterocycles. The van der Waals surface area contributed by atoms with Crippen molar-refractivity contribution in [2.45, 2.75) is 13.5 Å². The highest BCUT2D eigenvalue weighted by atomic mass is 16.5. The van der Waals surface area contributed by atoms with Gasteiger partial charge in [-0.05, 0) is 37.7 Å². The molecule has 1 N–H and O–H groups in total. The first-order chi connectivity index (χ1) is 9.67. The standard InChI is InChI=1S/C16H21N3O/c1-13-11-15(18-17-13)12-19(2)10-4-5-14-6-8-16(20-3)9-7-14/h4-9,11H,10,12H2,1-3H3,(H,17,18). The van der Waals surface area contributed by atoms with Gasteiger partial charge >= 0.3 is 0 Å². The molecule has 0 aliphatic carbocycles. The van der Waals surface area contributed by atoms with E-state index >= 15 is 0 Å². The Hall–Kier alpha value is -2.07. The summed E-state index contributed by atoms with van der Waals surface area (Å²) < 4.78 is 5.14. The summed E-state index contributed by atoms with van der Waals surface area (Å²) >= 11 is 0. The predicted octanol–water partition coefficient (Wildman–Crippen LogP) is 2.87. The van der Waals surface area contributed by atoms with Gasteiger partial charge in [0.25, 0.3) is 0 Å². The number of hydrogen-bond acceptors (Lipinski definition) is 3. The molecular formula is C16H21N3O. The second-order valence-electron chi connectivity index (χ2n) is 4.91. The van der Waals surface area contributed by atoms with Gasteiger partial charge in [-0.2, -0.15) is 5.10 Å². The zero-order chi connectivity index (χ0) is 14.4. The van der Waals surface area contributed by atoms with Crippen LogP contribution in [0.1, 0.15) is 17.0 Å². The van der Waals surface area contributed by atoms with E-state index in [1.165, 1.54) is 5.56 Å². The summed E-state index contributed by atoms with van der Waals surface area (Å²) in [5.41, 5.74) is 3.35. The second-order valence-corrected chi connectivity index (χ2v) is 4.91. The molecule has 0 amide bonds. The molecule has 4 nitrogen and oxygen atoms in total. The van der Waals surface area contributed by atoms with E-state index in [1.807, 2.05) is 31.2 Å². The summed E-state index contributed by atoms with van der Waals surface area (Å²) in [4.78, 5) is 2.22. The summed E-state index contributed by atoms with van der Waals surface area (Å²) in [5.74, 6) is 0.883. The molecule has 0 radical (unpaired) electrons. The van der Waals surface area contributed by atoms with Crippen molar-refractivity contribution in [3.8, 4) is 5.75 Å². The average molecular weight is 271 g/mol. The van der Waals surface area contributed by atoms with Crippen LogP contribution in [0.2, 0.25) is 0 Å². The van der Waals surface area contributed by atoms with Crippen LogP contribution < -0.4 is 4.74 Å². The zero-order valence-corrected chi connectivity index (χ0v) is 12.3. The highest BCUT2D eigenvalue weighted by Gasteiger charge is 2.01. The highest BCUT2D eigenvalue weighted by Crippen LogP contribution is 2.12. The van der Waals surface area contributed by atoms with Crippen molar-refractivity contribution in [1.29, 1.82) is 0 Å². The van der Waals surface area contributed by atoms with E-state index in [0.29, 0.717) is 0 Å². The third-order valence-electron chi connectivity index (χ3n) is 3.03. The van der Waals surface area contributed by atoms with Crippen molar-refractivity contribution in [3.05, 3.63) is 53.4 Å². The molecule has 106 valence electrons. The summed E-state index contributed by atoms with van der Waals surface area (Å²) in [7, 11) is 3.76. The molecule has 1 heterocycles. The summed E-state index contributed by atoms with van der Waals surface area (Å²) in [6.45, 7) is 3.75. The van der Waals surface area contributed by atoms with Crippen molar-refractivity contribution in [2.75, 3.05) is 20.7 Å². The van der Waals surface area contributed by atoms with Gasteiger partial charge in [0.1, 0.15) is 5.75 Å². The zero-order valence-electron chi connectivity index (χ0n) is 12.3. The molecule has 2 aromatic rings. The van der Waals surface area contributed by atoms with Gasteiger partial charge in [0.2, 0.25) is 0 Å². The minimum atomic E-state index is 0.845. The molecule has 0 bridgehead atoms. The van der Waals surface area contributed by atoms with Crippen LogP contribution in [0.4, 0.5) is 0 Å². The molecule has 0 fully saturated rings. The minimum Gasteiger partial charge on any atom is -0.497 e. The number of benzene rings is 1. The second kappa shape index (κ2) is 6.91. The maximum atomic E-state index is 5.14. The number of likely N-dealkylation sites (N-methyl/N-ethyl adjacent to an activating group) is 1. The van der Waals surface area contributed by atoms with Crippen molar-refractivity contribution in [3.63, 3.8) is 0 Å². The molecule has 0 saturated heterocycles. The summed E-state index contributed by atoms with van der Waals surface area (Å²) in [5, 5.41) is 7.20. The predicted molar refractivity (Wildman–Crippen MR) is 81.7 cm³/mol. The smallest absolute Gasteiger partial charge is 0.118 e. The molecule has 4 heteroatoms. The Morgan fingerprint density at radius 2 is 2.05 bits per heavy atom. The first kappa shape index (κ1) is 14.3. The first-order valence-electron chi connectivity index (χ1n) is 6.67. The van der Waals surface area contributed by atoms with Crippen LogP contribution in [0.25, 0.3) is 6.08 Å². The molecule has 0 atom stereocenters. The Kier molecular flexibility index (Phi) is 4.96. The highest BCUT2D eigenvalue weighted by molar-refractivity contribution is 5.50. The van der Waals surface area contributed by atoms with Crippen LogP contribution in [0.15, 0.2) is 36.4 Å². The molecule has 2 rings (SSSR count). The lowest BCUT2D eigenvalue weighted by molar-refractivity contribution is 0.359. The largest absolute Gasteiger partial charge is 0.497 e. The van der Waals surface area contributed by atoms with E-state index in [1.54, 1.807) is 7.11 Å². The van der Waals surface area contributed by atoms with E-state index in [4.69, 9.17) is 4.74 Å². The normalized spacial score (nSPS) is 11.4. The molecule has 1 aromatic carbocycles. The van der Waals surface area contributed by atoms with E-state index in [9.17, 15) is 0 Å². The van der Waals surface area contributed by atoms with Gasteiger partial charge in [-0.15, -0.1) is 0 Å². The maximum absolute atomic E-state index is 5.14. The van der Waals surface area contributed by atoms with Gasteiger partial charge in [-0.1, -0.05) is 24.3 Å². The summed E-state index contributed by atoms with van der Waals surface area (Å²) in [6, 6.07) is 10.1. The number of aromatic nitrogens is 2. The number of nitrogens with zero attached hydrogens (tertiary/aromatic N) is 2. The first-order valence-corrected chi connectivity index (χ1v) is 6.67. The monoisotopic (exact) mass is 271 g/mol. The number of hydrogen-bond donors (Lipinski definition) is 1. The quantitative estimate of drug-likeness (QED) is 0.878. The van der Waals surface area contributed by atoms with Crippen molar-refractivity contribution < 1.29 is 4.74 Å². The Balaban J connectivity index is 1.82. The van der Waals surface area contributed by atoms with Crippen molar-refractivity contribution in [2.24, 2.45) is 0 Å². The van der Waals surface area contributed by atoms with Crippen LogP contribution in [-0.2, 0) is 6.54 Å². The molecule has 0 spiro atoms. The van der Waals surface area contributed by atoms with E-state index in [0.717, 1.165) is 30.2 Å². The number of H-pyrrole nitrogens is 1. The van der Waals surface area contributed by atoms with Crippen LogP contribution >= 0.6 is 0 Å². The van der Waals surface area contributed by atoms with Crippen LogP contribution in [0, 0.1) is 6.92 Å². The fourth-order valence-electron chi connectivity index (χ4n) is 1.98. The molecular weight excluding hydrogens is 250 g/mol. The Morgan fingerprint density at radius 1 is 1.30 bits per heavy atom. The molecule has 0 aliphatic rings. The third-order valence-corrected chi connectivity index (χ3v) is 3.03. The van der Waals surface area contributed by atoms with Gasteiger partial charge in [0.05, 0.1) is 12.8 Å². The van der Waals surface area contributed by atoms with Crippen LogP contribution in [0.5, 0.6) is 5.75 Å². The number of methoxy groups -OCH3 is 1. The number of nitrogens with one attached hydrogen (secondary N) is 1. The fraction of sp³-hybridized carbons (Fsp3) is 0.312. The SMILES string of the molecule is COc1ccc(C=CCN(C)Cc2cc(C)[nH]n2)cc1. The topological polar surface area (TPSA) is 41.1 Å². The van der Waals surface area contributed by atoms with Crippen LogP contribution in [0.3, 0.4) is 0 Å². The molecule has 0 saturated carbocycles. The van der Waals surface area contributed by atoms with Gasteiger partial charge in [0.15, 0.2) is 0 Å². The van der Waals surface area contributed by atoms with Gasteiger partial charge in [0, 0.05) is 18.8 Å². The molecule has 1 aromatic heterocycles. The number of rotatable bonds is 6.